The van der Waals surface area contributed by atoms with Crippen LogP contribution < -0.4 is 0 Å². The highest BCUT2D eigenvalue weighted by Gasteiger charge is 2.56. The van der Waals surface area contributed by atoms with Crippen molar-refractivity contribution < 1.29 is 5.11 Å². The number of aliphatic hydroxyl groups is 1. The number of fused-ring (bicyclic) bond motifs is 5. The zero-order chi connectivity index (χ0) is 10.8. The van der Waals surface area contributed by atoms with Gasteiger partial charge in [0.25, 0.3) is 0 Å². The van der Waals surface area contributed by atoms with Gasteiger partial charge in [-0.2, -0.15) is 0 Å². The lowest BCUT2D eigenvalue weighted by atomic mass is 9.78. The summed E-state index contributed by atoms with van der Waals surface area (Å²) in [6.45, 7) is 7.16. The molecule has 15 heavy (non-hydrogen) atoms. The molecular weight excluding hydrogens is 184 g/mol. The first-order valence-electron chi connectivity index (χ1n) is 6.65. The summed E-state index contributed by atoms with van der Waals surface area (Å²) in [5, 5.41) is 9.96. The fourth-order valence-electron chi connectivity index (χ4n) is 4.74. The summed E-state index contributed by atoms with van der Waals surface area (Å²) in [6, 6.07) is 0. The highest BCUT2D eigenvalue weighted by atomic mass is 16.3. The van der Waals surface area contributed by atoms with Crippen molar-refractivity contribution in [1.29, 1.82) is 0 Å². The molecule has 1 N–H and O–H groups in total. The van der Waals surface area contributed by atoms with Crippen molar-refractivity contribution in [2.75, 3.05) is 0 Å². The third-order valence-corrected chi connectivity index (χ3v) is 5.66. The Morgan fingerprint density at radius 1 is 0.867 bits per heavy atom. The van der Waals surface area contributed by atoms with Crippen LogP contribution in [-0.2, 0) is 0 Å². The van der Waals surface area contributed by atoms with Crippen LogP contribution in [-0.4, -0.2) is 11.2 Å². The van der Waals surface area contributed by atoms with Crippen molar-refractivity contribution in [3.05, 3.63) is 0 Å². The van der Waals surface area contributed by atoms with E-state index in [1.165, 1.54) is 19.3 Å². The van der Waals surface area contributed by atoms with E-state index in [0.29, 0.717) is 11.3 Å². The quantitative estimate of drug-likeness (QED) is 0.648. The summed E-state index contributed by atoms with van der Waals surface area (Å²) < 4.78 is 0. The first-order valence-corrected chi connectivity index (χ1v) is 6.65. The molecule has 0 aromatic carbocycles. The van der Waals surface area contributed by atoms with Crippen LogP contribution in [0.4, 0.5) is 0 Å². The molecule has 2 bridgehead atoms. The van der Waals surface area contributed by atoms with Gasteiger partial charge in [-0.15, -0.1) is 0 Å². The molecule has 0 aromatic rings. The summed E-state index contributed by atoms with van der Waals surface area (Å²) >= 11 is 0. The second kappa shape index (κ2) is 3.00. The van der Waals surface area contributed by atoms with Gasteiger partial charge < -0.3 is 5.11 Å². The fourth-order valence-corrected chi connectivity index (χ4v) is 4.74. The van der Waals surface area contributed by atoms with Crippen LogP contribution in [0.5, 0.6) is 0 Å². The maximum Gasteiger partial charge on any atom is 0.0574 e. The van der Waals surface area contributed by atoms with Gasteiger partial charge in [-0.05, 0) is 60.7 Å². The number of aliphatic hydroxyl groups excluding tert-OH is 1. The molecule has 3 rings (SSSR count). The molecule has 3 fully saturated rings. The molecule has 1 nitrogen and oxygen atoms in total. The molecule has 0 saturated heterocycles. The lowest BCUT2D eigenvalue weighted by Gasteiger charge is -2.28. The Bertz CT molecular complexity index is 265. The highest BCUT2D eigenvalue weighted by molar-refractivity contribution is 5.06. The molecule has 3 saturated carbocycles. The molecule has 86 valence electrons. The minimum absolute atomic E-state index is 0.0509. The van der Waals surface area contributed by atoms with Gasteiger partial charge in [-0.1, -0.05) is 20.8 Å². The van der Waals surface area contributed by atoms with E-state index in [1.54, 1.807) is 0 Å². The highest BCUT2D eigenvalue weighted by Crippen LogP contribution is 2.62. The molecule has 0 radical (unpaired) electrons. The molecule has 0 spiro atoms. The van der Waals surface area contributed by atoms with Gasteiger partial charge in [0.1, 0.15) is 0 Å². The summed E-state index contributed by atoms with van der Waals surface area (Å²) in [4.78, 5) is 0. The predicted molar refractivity (Wildman–Crippen MR) is 61.4 cm³/mol. The van der Waals surface area contributed by atoms with Crippen LogP contribution in [0, 0.1) is 35.0 Å². The van der Waals surface area contributed by atoms with Gasteiger partial charge in [0.2, 0.25) is 0 Å². The monoisotopic (exact) mass is 208 g/mol. The Kier molecular flexibility index (Phi) is 2.03. The molecule has 4 unspecified atom stereocenters. The van der Waals surface area contributed by atoms with E-state index in [2.05, 4.69) is 20.8 Å². The zero-order valence-electron chi connectivity index (χ0n) is 10.2. The van der Waals surface area contributed by atoms with Crippen molar-refractivity contribution in [2.24, 2.45) is 35.0 Å². The van der Waals surface area contributed by atoms with Crippen LogP contribution in [0.1, 0.15) is 46.5 Å². The molecule has 3 aliphatic carbocycles. The predicted octanol–water partition coefficient (Wildman–Crippen LogP) is 3.08. The maximum absolute atomic E-state index is 9.96. The summed E-state index contributed by atoms with van der Waals surface area (Å²) in [6.07, 6.45) is 5.35. The van der Waals surface area contributed by atoms with E-state index in [1.807, 2.05) is 0 Å². The van der Waals surface area contributed by atoms with Crippen LogP contribution in [0.2, 0.25) is 0 Å². The normalized spacial score (nSPS) is 53.6. The van der Waals surface area contributed by atoms with Gasteiger partial charge in [0, 0.05) is 0 Å². The molecule has 1 heteroatoms. The molecule has 6 atom stereocenters. The summed E-state index contributed by atoms with van der Waals surface area (Å²) in [5.74, 6) is 4.31. The first kappa shape index (κ1) is 10.1. The minimum atomic E-state index is 0.0509. The lowest BCUT2D eigenvalue weighted by Crippen LogP contribution is -2.27. The third kappa shape index (κ3) is 1.39. The number of rotatable bonds is 0. The molecule has 0 aromatic heterocycles. The van der Waals surface area contributed by atoms with Gasteiger partial charge in [0.15, 0.2) is 0 Å². The number of hydrogen-bond donors (Lipinski definition) is 1. The summed E-state index contributed by atoms with van der Waals surface area (Å²) in [7, 11) is 0. The van der Waals surface area contributed by atoms with Gasteiger partial charge in [0.05, 0.1) is 6.10 Å². The Morgan fingerprint density at radius 3 is 2.20 bits per heavy atom. The van der Waals surface area contributed by atoms with Crippen LogP contribution in [0.25, 0.3) is 0 Å². The third-order valence-electron chi connectivity index (χ3n) is 5.66. The Hall–Kier alpha value is -0.0400. The van der Waals surface area contributed by atoms with E-state index in [0.717, 1.165) is 30.1 Å². The van der Waals surface area contributed by atoms with E-state index < -0.39 is 0 Å². The molecule has 0 heterocycles. The summed E-state index contributed by atoms with van der Waals surface area (Å²) in [5.41, 5.74) is 0.481. The molecular formula is C14H24O. The average molecular weight is 208 g/mol. The SMILES string of the molecule is CC(C)(C)C1CC2C3C[C@@H](CC3O)[C@H]2C1. The van der Waals surface area contributed by atoms with Crippen molar-refractivity contribution in [3.8, 4) is 0 Å². The Balaban J connectivity index is 1.77. The van der Waals surface area contributed by atoms with Gasteiger partial charge in [-0.25, -0.2) is 0 Å². The largest absolute Gasteiger partial charge is 0.393 e. The molecule has 0 aliphatic heterocycles. The molecule has 0 amide bonds. The topological polar surface area (TPSA) is 20.2 Å². The van der Waals surface area contributed by atoms with Gasteiger partial charge in [-0.3, -0.25) is 0 Å². The van der Waals surface area contributed by atoms with E-state index in [4.69, 9.17) is 0 Å². The standard InChI is InChI=1S/C14H24O/c1-14(2,3)9-6-10-8-4-12(11(10)7-9)13(15)5-8/h8-13,15H,4-7H2,1-3H3/t8-,9?,10+,11?,12?,13?/m0/s1. The molecule has 3 aliphatic rings. The first-order chi connectivity index (χ1) is 6.97. The van der Waals surface area contributed by atoms with Crippen LogP contribution in [0.15, 0.2) is 0 Å². The second-order valence-corrected chi connectivity index (χ2v) is 7.32. The smallest absolute Gasteiger partial charge is 0.0574 e. The van der Waals surface area contributed by atoms with Crippen molar-refractivity contribution in [2.45, 2.75) is 52.6 Å². The van der Waals surface area contributed by atoms with Crippen LogP contribution in [0.3, 0.4) is 0 Å². The van der Waals surface area contributed by atoms with Crippen LogP contribution >= 0.6 is 0 Å². The second-order valence-electron chi connectivity index (χ2n) is 7.32. The van der Waals surface area contributed by atoms with E-state index >= 15 is 0 Å². The zero-order valence-corrected chi connectivity index (χ0v) is 10.2. The van der Waals surface area contributed by atoms with Crippen molar-refractivity contribution >= 4 is 0 Å². The van der Waals surface area contributed by atoms with E-state index in [-0.39, 0.29) is 6.10 Å². The van der Waals surface area contributed by atoms with E-state index in [9.17, 15) is 5.11 Å². The maximum atomic E-state index is 9.96. The Labute approximate surface area is 93.3 Å². The Morgan fingerprint density at radius 2 is 1.53 bits per heavy atom. The average Bonchev–Trinajstić information content (AvgIpc) is 2.67. The van der Waals surface area contributed by atoms with Gasteiger partial charge >= 0.3 is 0 Å². The fraction of sp³-hybridized carbons (Fsp3) is 1.00. The number of hydrogen-bond acceptors (Lipinski definition) is 1. The minimum Gasteiger partial charge on any atom is -0.393 e. The van der Waals surface area contributed by atoms with Crippen molar-refractivity contribution in [1.82, 2.24) is 0 Å². The van der Waals surface area contributed by atoms with Crippen molar-refractivity contribution in [3.63, 3.8) is 0 Å². The lowest BCUT2D eigenvalue weighted by molar-refractivity contribution is 0.0636.